The smallest absolute Gasteiger partial charge is 0.407 e. The first-order valence-electron chi connectivity index (χ1n) is 16.6. The predicted molar refractivity (Wildman–Crippen MR) is 188 cm³/mol. The van der Waals surface area contributed by atoms with Crippen LogP contribution < -0.4 is 21.3 Å². The average Bonchev–Trinajstić information content (AvgIpc) is 3.08. The summed E-state index contributed by atoms with van der Waals surface area (Å²) in [5, 5.41) is 21.0. The molecule has 0 aliphatic carbocycles. The van der Waals surface area contributed by atoms with E-state index in [9.17, 15) is 29.1 Å². The Morgan fingerprint density at radius 2 is 1.12 bits per heavy atom. The van der Waals surface area contributed by atoms with Gasteiger partial charge in [-0.2, -0.15) is 0 Å². The summed E-state index contributed by atoms with van der Waals surface area (Å²) in [6.07, 6.45) is -0.442. The maximum atomic E-state index is 13.9. The maximum Gasteiger partial charge on any atom is 0.407 e. The number of hydrogen-bond acceptors (Lipinski definition) is 8. The number of hydrogen-bond donors (Lipinski definition) is 5. The van der Waals surface area contributed by atoms with E-state index in [4.69, 9.17) is 9.47 Å². The Labute approximate surface area is 293 Å². The van der Waals surface area contributed by atoms with Crippen molar-refractivity contribution in [3.05, 3.63) is 108 Å². The Morgan fingerprint density at radius 3 is 1.60 bits per heavy atom. The molecule has 12 heteroatoms. The van der Waals surface area contributed by atoms with E-state index >= 15 is 0 Å². The van der Waals surface area contributed by atoms with Crippen LogP contribution in [0.2, 0.25) is 0 Å². The van der Waals surface area contributed by atoms with Crippen molar-refractivity contribution in [1.82, 2.24) is 21.3 Å². The van der Waals surface area contributed by atoms with Gasteiger partial charge in [-0.05, 0) is 56.7 Å². The van der Waals surface area contributed by atoms with E-state index in [1.165, 1.54) is 7.11 Å². The predicted octanol–water partition coefficient (Wildman–Crippen LogP) is 3.57. The summed E-state index contributed by atoms with van der Waals surface area (Å²) < 4.78 is 10.4. The third-order valence-corrected chi connectivity index (χ3v) is 7.62. The quantitative estimate of drug-likeness (QED) is 0.125. The number of carbonyl (C=O) groups is 5. The molecule has 0 saturated heterocycles. The minimum Gasteiger partial charge on any atom is -0.481 e. The normalized spacial score (nSPS) is 13.5. The fourth-order valence-electron chi connectivity index (χ4n) is 5.21. The molecule has 3 aromatic carbocycles. The molecule has 50 heavy (non-hydrogen) atoms. The molecule has 0 aromatic heterocycles. The number of carbonyl (C=O) groups excluding carboxylic acids is 4. The SMILES string of the molecule is COC(=O)[C@H](Cc1ccccc1)NC(=O)[C@H](CCC(=O)O)NC(=O)[C@H](Cc1ccccc1)NC[C@H](Cc1ccccc1)NC(=O)OC(C)(C)C. The van der Waals surface area contributed by atoms with Gasteiger partial charge >= 0.3 is 18.0 Å². The van der Waals surface area contributed by atoms with Crippen molar-refractivity contribution in [1.29, 1.82) is 0 Å². The first-order chi connectivity index (χ1) is 23.8. The van der Waals surface area contributed by atoms with Gasteiger partial charge in [0, 0.05) is 25.4 Å². The van der Waals surface area contributed by atoms with Crippen LogP contribution in [0, 0.1) is 0 Å². The molecule has 3 rings (SSSR count). The number of benzene rings is 3. The van der Waals surface area contributed by atoms with Crippen molar-refractivity contribution < 1.29 is 38.6 Å². The number of carboxylic acids is 1. The first kappa shape index (κ1) is 39.2. The van der Waals surface area contributed by atoms with Crippen molar-refractivity contribution >= 4 is 29.8 Å². The van der Waals surface area contributed by atoms with Crippen LogP contribution in [0.4, 0.5) is 4.79 Å². The van der Waals surface area contributed by atoms with Crippen LogP contribution >= 0.6 is 0 Å². The standard InChI is InChI=1S/C38H48N4O8/c1-38(2,3)50-37(48)40-29(22-26-14-8-5-9-15-26)25-39-31(23-27-16-10-6-11-17-27)35(46)41-30(20-21-33(43)44)34(45)42-32(36(47)49-4)24-28-18-12-7-13-19-28/h5-19,29-32,39H,20-25H2,1-4H3,(H,40,48)(H,41,46)(H,42,45)(H,43,44)/t29-,30-,31-,32-/m0/s1. The largest absolute Gasteiger partial charge is 0.481 e. The average molecular weight is 689 g/mol. The topological polar surface area (TPSA) is 172 Å². The number of nitrogens with one attached hydrogen (secondary N) is 4. The maximum absolute atomic E-state index is 13.9. The molecule has 3 aromatic rings. The molecule has 5 N–H and O–H groups in total. The molecule has 0 radical (unpaired) electrons. The van der Waals surface area contributed by atoms with Gasteiger partial charge in [-0.15, -0.1) is 0 Å². The second-order valence-corrected chi connectivity index (χ2v) is 13.0. The lowest BCUT2D eigenvalue weighted by molar-refractivity contribution is -0.145. The zero-order chi connectivity index (χ0) is 36.5. The lowest BCUT2D eigenvalue weighted by Crippen LogP contribution is -2.57. The Morgan fingerprint density at radius 1 is 0.660 bits per heavy atom. The molecule has 0 heterocycles. The zero-order valence-corrected chi connectivity index (χ0v) is 29.0. The van der Waals surface area contributed by atoms with E-state index in [1.807, 2.05) is 66.7 Å². The lowest BCUT2D eigenvalue weighted by Gasteiger charge is -2.27. The summed E-state index contributed by atoms with van der Waals surface area (Å²) in [6.45, 7) is 5.46. The Bertz CT molecular complexity index is 1530. The van der Waals surface area contributed by atoms with Gasteiger partial charge in [-0.1, -0.05) is 91.0 Å². The number of ether oxygens (including phenoxy) is 2. The van der Waals surface area contributed by atoms with Crippen LogP contribution in [0.3, 0.4) is 0 Å². The third kappa shape index (κ3) is 14.5. The van der Waals surface area contributed by atoms with Gasteiger partial charge in [0.15, 0.2) is 0 Å². The molecule has 4 atom stereocenters. The molecule has 0 spiro atoms. The Kier molecular flexibility index (Phi) is 15.4. The van der Waals surface area contributed by atoms with Crippen LogP contribution in [-0.2, 0) is 47.9 Å². The van der Waals surface area contributed by atoms with Gasteiger partial charge in [-0.3, -0.25) is 14.4 Å². The van der Waals surface area contributed by atoms with E-state index in [2.05, 4.69) is 21.3 Å². The Hall–Kier alpha value is -5.23. The van der Waals surface area contributed by atoms with E-state index in [-0.39, 0.29) is 25.8 Å². The molecule has 0 saturated carbocycles. The molecule has 3 amide bonds. The zero-order valence-electron chi connectivity index (χ0n) is 29.0. The number of aliphatic carboxylic acids is 1. The van der Waals surface area contributed by atoms with Gasteiger partial charge in [0.2, 0.25) is 11.8 Å². The van der Waals surface area contributed by atoms with Crippen LogP contribution in [0.15, 0.2) is 91.0 Å². The van der Waals surface area contributed by atoms with Gasteiger partial charge < -0.3 is 35.8 Å². The van der Waals surface area contributed by atoms with Crippen LogP contribution in [0.1, 0.15) is 50.3 Å². The Balaban J connectivity index is 1.83. The van der Waals surface area contributed by atoms with Crippen molar-refractivity contribution in [2.75, 3.05) is 13.7 Å². The van der Waals surface area contributed by atoms with Crippen molar-refractivity contribution in [3.63, 3.8) is 0 Å². The molecule has 0 unspecified atom stereocenters. The van der Waals surface area contributed by atoms with Crippen LogP contribution in [0.25, 0.3) is 0 Å². The monoisotopic (exact) mass is 688 g/mol. The van der Waals surface area contributed by atoms with Crippen molar-refractivity contribution in [2.45, 2.75) is 82.6 Å². The highest BCUT2D eigenvalue weighted by Crippen LogP contribution is 2.11. The molecule has 0 aliphatic rings. The first-order valence-corrected chi connectivity index (χ1v) is 16.6. The molecular formula is C38H48N4O8. The van der Waals surface area contributed by atoms with Gasteiger partial charge in [0.05, 0.1) is 13.2 Å². The van der Waals surface area contributed by atoms with E-state index in [1.54, 1.807) is 45.0 Å². The van der Waals surface area contributed by atoms with Crippen molar-refractivity contribution in [2.24, 2.45) is 0 Å². The highest BCUT2D eigenvalue weighted by Gasteiger charge is 2.31. The fraction of sp³-hybridized carbons (Fsp3) is 0.395. The lowest BCUT2D eigenvalue weighted by atomic mass is 10.0. The minimum absolute atomic E-state index is 0.129. The number of alkyl carbamates (subject to hydrolysis) is 1. The van der Waals surface area contributed by atoms with Crippen LogP contribution in [0.5, 0.6) is 0 Å². The minimum atomic E-state index is -1.28. The van der Waals surface area contributed by atoms with Crippen LogP contribution in [-0.4, -0.2) is 78.4 Å². The summed E-state index contributed by atoms with van der Waals surface area (Å²) in [5.41, 5.74) is 1.84. The van der Waals surface area contributed by atoms with Gasteiger partial charge in [-0.25, -0.2) is 9.59 Å². The van der Waals surface area contributed by atoms with Gasteiger partial charge in [0.25, 0.3) is 0 Å². The highest BCUT2D eigenvalue weighted by atomic mass is 16.6. The molecule has 268 valence electrons. The molecular weight excluding hydrogens is 640 g/mol. The fourth-order valence-corrected chi connectivity index (χ4v) is 5.21. The van der Waals surface area contributed by atoms with Gasteiger partial charge in [0.1, 0.15) is 17.7 Å². The summed E-state index contributed by atoms with van der Waals surface area (Å²) in [7, 11) is 1.21. The molecule has 0 fully saturated rings. The number of rotatable bonds is 18. The number of amides is 3. The van der Waals surface area contributed by atoms with E-state index < -0.39 is 66.0 Å². The summed E-state index contributed by atoms with van der Waals surface area (Å²) in [5.74, 6) is -3.12. The van der Waals surface area contributed by atoms with Crippen molar-refractivity contribution in [3.8, 4) is 0 Å². The summed E-state index contributed by atoms with van der Waals surface area (Å²) in [4.78, 5) is 64.5. The molecule has 12 nitrogen and oxygen atoms in total. The summed E-state index contributed by atoms with van der Waals surface area (Å²) >= 11 is 0. The summed E-state index contributed by atoms with van der Waals surface area (Å²) in [6, 6.07) is 24.1. The second-order valence-electron chi connectivity index (χ2n) is 13.0. The number of methoxy groups -OCH3 is 1. The number of esters is 1. The van der Waals surface area contributed by atoms with E-state index in [0.29, 0.717) is 6.42 Å². The third-order valence-electron chi connectivity index (χ3n) is 7.62. The second kappa shape index (κ2) is 19.7. The number of carboxylic acid groups (broad SMARTS) is 1. The molecule has 0 bridgehead atoms. The molecule has 0 aliphatic heterocycles. The highest BCUT2D eigenvalue weighted by molar-refractivity contribution is 5.92. The van der Waals surface area contributed by atoms with E-state index in [0.717, 1.165) is 16.7 Å².